The van der Waals surface area contributed by atoms with Crippen LogP contribution in [0.5, 0.6) is 0 Å². The van der Waals surface area contributed by atoms with Gasteiger partial charge in [0, 0.05) is 12.4 Å². The second-order valence-electron chi connectivity index (χ2n) is 2.81. The Morgan fingerprint density at radius 1 is 1.40 bits per heavy atom. The molecule has 1 aromatic heterocycles. The average molecular weight is 137 g/mol. The fourth-order valence-corrected chi connectivity index (χ4v) is 0.632. The summed E-state index contributed by atoms with van der Waals surface area (Å²) in [6, 6.07) is 0. The van der Waals surface area contributed by atoms with Gasteiger partial charge in [-0.25, -0.2) is 0 Å². The van der Waals surface area contributed by atoms with Gasteiger partial charge in [-0.1, -0.05) is 0 Å². The van der Waals surface area contributed by atoms with Crippen LogP contribution in [0.1, 0.15) is 19.5 Å². The van der Waals surface area contributed by atoms with E-state index in [0.717, 1.165) is 5.69 Å². The second kappa shape index (κ2) is 2.34. The van der Waals surface area contributed by atoms with E-state index in [9.17, 15) is 0 Å². The maximum absolute atomic E-state index is 5.75. The summed E-state index contributed by atoms with van der Waals surface area (Å²) >= 11 is 0. The molecular formula is C7H11N3. The molecule has 3 nitrogen and oxygen atoms in total. The summed E-state index contributed by atoms with van der Waals surface area (Å²) in [5.41, 5.74) is 6.19. The largest absolute Gasteiger partial charge is 0.321 e. The van der Waals surface area contributed by atoms with Crippen molar-refractivity contribution in [3.8, 4) is 0 Å². The lowest BCUT2D eigenvalue weighted by Gasteiger charge is -2.15. The molecule has 1 aromatic rings. The quantitative estimate of drug-likeness (QED) is 0.619. The van der Waals surface area contributed by atoms with Crippen molar-refractivity contribution in [1.82, 2.24) is 9.97 Å². The van der Waals surface area contributed by atoms with E-state index >= 15 is 0 Å². The van der Waals surface area contributed by atoms with Crippen LogP contribution < -0.4 is 5.73 Å². The van der Waals surface area contributed by atoms with Gasteiger partial charge in [-0.05, 0) is 13.8 Å². The van der Waals surface area contributed by atoms with Gasteiger partial charge in [-0.3, -0.25) is 9.97 Å². The highest BCUT2D eigenvalue weighted by molar-refractivity contribution is 5.06. The van der Waals surface area contributed by atoms with Crippen molar-refractivity contribution in [3.63, 3.8) is 0 Å². The predicted molar refractivity (Wildman–Crippen MR) is 39.2 cm³/mol. The van der Waals surface area contributed by atoms with Crippen LogP contribution in [0.15, 0.2) is 18.6 Å². The fraction of sp³-hybridized carbons (Fsp3) is 0.429. The summed E-state index contributed by atoms with van der Waals surface area (Å²) in [6.45, 7) is 3.80. The Morgan fingerprint density at radius 2 is 2.10 bits per heavy atom. The van der Waals surface area contributed by atoms with Gasteiger partial charge in [-0.2, -0.15) is 0 Å². The van der Waals surface area contributed by atoms with Crippen LogP contribution >= 0.6 is 0 Å². The first-order valence-corrected chi connectivity index (χ1v) is 3.16. The lowest BCUT2D eigenvalue weighted by Crippen LogP contribution is -2.29. The number of hydrogen-bond donors (Lipinski definition) is 1. The van der Waals surface area contributed by atoms with Gasteiger partial charge < -0.3 is 5.73 Å². The van der Waals surface area contributed by atoms with Crippen LogP contribution in [0, 0.1) is 0 Å². The number of hydrogen-bond acceptors (Lipinski definition) is 3. The molecule has 0 aliphatic heterocycles. The number of nitrogens with two attached hydrogens (primary N) is 1. The summed E-state index contributed by atoms with van der Waals surface area (Å²) in [6.07, 6.45) is 4.96. The molecule has 0 saturated heterocycles. The molecule has 0 saturated carbocycles. The monoisotopic (exact) mass is 137 g/mol. The standard InChI is InChI=1S/C7H11N3/c1-7(2,8)6-5-9-3-4-10-6/h3-5H,8H2,1-2H3. The summed E-state index contributed by atoms with van der Waals surface area (Å²) in [4.78, 5) is 7.97. The maximum Gasteiger partial charge on any atom is 0.0779 e. The van der Waals surface area contributed by atoms with Gasteiger partial charge in [0.05, 0.1) is 17.4 Å². The average Bonchev–Trinajstić information content (AvgIpc) is 1.88. The van der Waals surface area contributed by atoms with Crippen molar-refractivity contribution in [2.75, 3.05) is 0 Å². The van der Waals surface area contributed by atoms with E-state index in [2.05, 4.69) is 9.97 Å². The normalized spacial score (nSPS) is 11.5. The first kappa shape index (κ1) is 7.15. The third-order valence-corrected chi connectivity index (χ3v) is 1.22. The molecule has 1 rings (SSSR count). The van der Waals surface area contributed by atoms with Crippen LogP contribution in [0.25, 0.3) is 0 Å². The van der Waals surface area contributed by atoms with Crippen molar-refractivity contribution in [2.45, 2.75) is 19.4 Å². The van der Waals surface area contributed by atoms with E-state index in [1.165, 1.54) is 0 Å². The molecule has 0 amide bonds. The summed E-state index contributed by atoms with van der Waals surface area (Å²) < 4.78 is 0. The molecule has 54 valence electrons. The van der Waals surface area contributed by atoms with Crippen molar-refractivity contribution in [3.05, 3.63) is 24.3 Å². The molecule has 0 unspecified atom stereocenters. The van der Waals surface area contributed by atoms with Crippen LogP contribution in [0.2, 0.25) is 0 Å². The molecule has 0 fully saturated rings. The molecule has 0 aliphatic rings. The third kappa shape index (κ3) is 1.51. The molecule has 10 heavy (non-hydrogen) atoms. The fourth-order valence-electron chi connectivity index (χ4n) is 0.632. The van der Waals surface area contributed by atoms with E-state index in [0.29, 0.717) is 0 Å². The Bertz CT molecular complexity index is 200. The zero-order valence-electron chi connectivity index (χ0n) is 6.20. The van der Waals surface area contributed by atoms with Crippen LogP contribution in [-0.4, -0.2) is 9.97 Å². The predicted octanol–water partition coefficient (Wildman–Crippen LogP) is 0.670. The van der Waals surface area contributed by atoms with E-state index < -0.39 is 0 Å². The minimum absolute atomic E-state index is 0.381. The highest BCUT2D eigenvalue weighted by atomic mass is 14.8. The molecule has 3 heteroatoms. The summed E-state index contributed by atoms with van der Waals surface area (Å²) in [7, 11) is 0. The van der Waals surface area contributed by atoms with E-state index in [1.54, 1.807) is 18.6 Å². The van der Waals surface area contributed by atoms with Crippen LogP contribution in [0.3, 0.4) is 0 Å². The zero-order valence-corrected chi connectivity index (χ0v) is 6.20. The van der Waals surface area contributed by atoms with Crippen molar-refractivity contribution in [2.24, 2.45) is 5.73 Å². The molecule has 1 heterocycles. The highest BCUT2D eigenvalue weighted by Gasteiger charge is 2.14. The minimum Gasteiger partial charge on any atom is -0.321 e. The smallest absolute Gasteiger partial charge is 0.0779 e. The lowest BCUT2D eigenvalue weighted by molar-refractivity contribution is 0.532. The van der Waals surface area contributed by atoms with Crippen molar-refractivity contribution in [1.29, 1.82) is 0 Å². The Morgan fingerprint density at radius 3 is 2.40 bits per heavy atom. The van der Waals surface area contributed by atoms with Gasteiger partial charge in [0.1, 0.15) is 0 Å². The van der Waals surface area contributed by atoms with E-state index in [-0.39, 0.29) is 5.54 Å². The Labute approximate surface area is 60.3 Å². The van der Waals surface area contributed by atoms with Crippen LogP contribution in [-0.2, 0) is 5.54 Å². The number of rotatable bonds is 1. The first-order chi connectivity index (χ1) is 4.61. The third-order valence-electron chi connectivity index (χ3n) is 1.22. The SMILES string of the molecule is CC(C)(N)c1cnccn1. The Kier molecular flexibility index (Phi) is 1.68. The highest BCUT2D eigenvalue weighted by Crippen LogP contribution is 2.10. The van der Waals surface area contributed by atoms with Crippen molar-refractivity contribution < 1.29 is 0 Å². The molecule has 0 aromatic carbocycles. The van der Waals surface area contributed by atoms with E-state index in [4.69, 9.17) is 5.73 Å². The molecule has 0 bridgehead atoms. The van der Waals surface area contributed by atoms with Gasteiger partial charge in [0.25, 0.3) is 0 Å². The zero-order chi connectivity index (χ0) is 7.61. The molecular weight excluding hydrogens is 126 g/mol. The minimum atomic E-state index is -0.381. The topological polar surface area (TPSA) is 51.8 Å². The van der Waals surface area contributed by atoms with Crippen molar-refractivity contribution >= 4 is 0 Å². The van der Waals surface area contributed by atoms with Crippen LogP contribution in [0.4, 0.5) is 0 Å². The summed E-state index contributed by atoms with van der Waals surface area (Å²) in [5, 5.41) is 0. The van der Waals surface area contributed by atoms with Gasteiger partial charge in [-0.15, -0.1) is 0 Å². The number of nitrogens with zero attached hydrogens (tertiary/aromatic N) is 2. The lowest BCUT2D eigenvalue weighted by atomic mass is 10.0. The molecule has 2 N–H and O–H groups in total. The molecule has 0 spiro atoms. The maximum atomic E-state index is 5.75. The summed E-state index contributed by atoms with van der Waals surface area (Å²) in [5.74, 6) is 0. The Hall–Kier alpha value is -0.960. The van der Waals surface area contributed by atoms with Gasteiger partial charge >= 0.3 is 0 Å². The molecule has 0 atom stereocenters. The molecule has 0 radical (unpaired) electrons. The first-order valence-electron chi connectivity index (χ1n) is 3.16. The van der Waals surface area contributed by atoms with Gasteiger partial charge in [0.2, 0.25) is 0 Å². The molecule has 0 aliphatic carbocycles. The second-order valence-corrected chi connectivity index (χ2v) is 2.81. The Balaban J connectivity index is 2.97. The van der Waals surface area contributed by atoms with E-state index in [1.807, 2.05) is 13.8 Å². The van der Waals surface area contributed by atoms with Gasteiger partial charge in [0.15, 0.2) is 0 Å². The number of aromatic nitrogens is 2.